The van der Waals surface area contributed by atoms with Gasteiger partial charge in [-0.05, 0) is 66.3 Å². The van der Waals surface area contributed by atoms with Gasteiger partial charge < -0.3 is 35.2 Å². The largest absolute Gasteiger partial charge is 0.507 e. The molecular weight excluding hydrogens is 1100 g/mol. The Morgan fingerprint density at radius 2 is 1.62 bits per heavy atom. The van der Waals surface area contributed by atoms with E-state index in [4.69, 9.17) is 39.5 Å². The number of ether oxygens (including phenoxy) is 1. The van der Waals surface area contributed by atoms with E-state index >= 15 is 17.6 Å². The summed E-state index contributed by atoms with van der Waals surface area (Å²) in [7, 11) is 2.98. The number of hydrogen-bond donors (Lipinski definition) is 3. The van der Waals surface area contributed by atoms with Crippen LogP contribution >= 0.6 is 34.8 Å². The van der Waals surface area contributed by atoms with Crippen molar-refractivity contribution in [3.63, 3.8) is 0 Å². The summed E-state index contributed by atoms with van der Waals surface area (Å²) in [6, 6.07) is 18.2. The van der Waals surface area contributed by atoms with E-state index in [1.165, 1.54) is 73.5 Å². The number of phenolic OH excluding ortho intramolecular Hbond substituents is 1. The molecule has 2 aliphatic rings. The molecule has 2 fully saturated rings. The number of anilines is 2. The second-order valence-corrected chi connectivity index (χ2v) is 22.6. The molecule has 0 saturated carbocycles. The van der Waals surface area contributed by atoms with Gasteiger partial charge in [0.15, 0.2) is 17.4 Å². The van der Waals surface area contributed by atoms with Crippen LogP contribution < -0.4 is 20.3 Å². The first kappa shape index (κ1) is 59.1. The normalized spacial score (nSPS) is 18.3. The summed E-state index contributed by atoms with van der Waals surface area (Å²) in [4.78, 5) is 68.0. The van der Waals surface area contributed by atoms with E-state index in [1.807, 2.05) is 25.7 Å². The number of Topliss-reactive ketones (excluding diaryl/α,β-unsaturated/α-hetero) is 2. The van der Waals surface area contributed by atoms with Crippen molar-refractivity contribution < 1.29 is 46.6 Å². The lowest BCUT2D eigenvalue weighted by Crippen LogP contribution is -2.48. The van der Waals surface area contributed by atoms with Crippen molar-refractivity contribution >= 4 is 80.9 Å². The quantitative estimate of drug-likeness (QED) is 0.0548. The molecule has 0 bridgehead atoms. The predicted molar refractivity (Wildman–Crippen MR) is 300 cm³/mol. The second kappa shape index (κ2) is 24.4. The van der Waals surface area contributed by atoms with Gasteiger partial charge in [-0.1, -0.05) is 92.0 Å². The lowest BCUT2D eigenvalue weighted by Gasteiger charge is -2.37. The van der Waals surface area contributed by atoms with Crippen molar-refractivity contribution in [3.8, 4) is 28.7 Å². The van der Waals surface area contributed by atoms with Crippen LogP contribution in [0.15, 0.2) is 78.9 Å². The van der Waals surface area contributed by atoms with Crippen molar-refractivity contribution in [2.45, 2.75) is 83.2 Å². The van der Waals surface area contributed by atoms with Crippen LogP contribution in [0.3, 0.4) is 0 Å². The number of nitriles is 1. The molecule has 8 rings (SSSR count). The number of carbonyl (C=O) groups excluding carboxylic acids is 4. The highest BCUT2D eigenvalue weighted by atomic mass is 35.5. The topological polar surface area (TPSA) is 181 Å². The molecule has 0 unspecified atom stereocenters. The van der Waals surface area contributed by atoms with Gasteiger partial charge in [0.25, 0.3) is 0 Å². The van der Waals surface area contributed by atoms with Crippen molar-refractivity contribution in [3.05, 3.63) is 139 Å². The number of piperazine rings is 1. The maximum absolute atomic E-state index is 16.6. The zero-order valence-electron chi connectivity index (χ0n) is 44.8. The minimum atomic E-state index is -1.82. The number of aromatic hydroxyl groups is 1. The minimum Gasteiger partial charge on any atom is -0.507 e. The van der Waals surface area contributed by atoms with Gasteiger partial charge in [-0.25, -0.2) is 22.5 Å². The van der Waals surface area contributed by atoms with Crippen LogP contribution in [0.5, 0.6) is 11.5 Å². The van der Waals surface area contributed by atoms with E-state index in [2.05, 4.69) is 26.7 Å². The predicted octanol–water partition coefficient (Wildman–Crippen LogP) is 11.3. The highest BCUT2D eigenvalue weighted by molar-refractivity contribution is 6.34. The Bertz CT molecular complexity index is 3420. The summed E-state index contributed by atoms with van der Waals surface area (Å²) in [5, 5.41) is 28.0. The van der Waals surface area contributed by atoms with Gasteiger partial charge in [-0.2, -0.15) is 10.2 Å². The van der Waals surface area contributed by atoms with Gasteiger partial charge in [0.05, 0.1) is 34.8 Å². The van der Waals surface area contributed by atoms with Gasteiger partial charge in [0.2, 0.25) is 17.8 Å². The van der Waals surface area contributed by atoms with E-state index in [0.29, 0.717) is 37.6 Å². The van der Waals surface area contributed by atoms with E-state index < -0.39 is 74.8 Å². The van der Waals surface area contributed by atoms with Gasteiger partial charge in [0, 0.05) is 117 Å². The summed E-state index contributed by atoms with van der Waals surface area (Å²) in [6.07, 6.45) is 0.288. The Labute approximate surface area is 476 Å². The molecule has 3 N–H and O–H groups in total. The molecule has 2 saturated heterocycles. The van der Waals surface area contributed by atoms with Crippen molar-refractivity contribution in [1.82, 2.24) is 25.1 Å². The molecule has 4 atom stereocenters. The summed E-state index contributed by atoms with van der Waals surface area (Å²) in [5.41, 5.74) is -2.71. The number of ketones is 2. The number of benzene rings is 5. The van der Waals surface area contributed by atoms with Crippen molar-refractivity contribution in [1.29, 1.82) is 5.26 Å². The standard InChI is InChI=1S/C59H59Cl3F4N8O6/c1-32(75)73-22-24-74(25-23-73)56-37-29-40(62)49(50-41(63)12-8-13-44(50)77)53(66)54(37)70-57(71-56)68-20-19-48(79)72(5)21-9-14-43(76)33-15-16-34(46(27-33)80-6)26-45(78)55-51(36-10-7-11-39(61)52(36)65)59(31-67,47(69-55)30-58(2,3)4)38-18-17-35(60)28-42(38)64/h7-8,10-13,15-18,27-29,47,51,55,69,77H,9,14,19-26,30H2,1-6H3,(H,68,70,71)/t47-,51-,55-,59-/m0/s1. The molecule has 1 aromatic heterocycles. The maximum Gasteiger partial charge on any atom is 0.225 e. The number of aromatic nitrogens is 2. The second-order valence-electron chi connectivity index (χ2n) is 21.3. The fourth-order valence-electron chi connectivity index (χ4n) is 10.9. The highest BCUT2D eigenvalue weighted by Crippen LogP contribution is 2.53. The number of rotatable bonds is 18. The SMILES string of the molecule is COc1cc(C(=O)CCCN(C)C(=O)CCNc2nc(N3CCN(C(C)=O)CC3)c3cc(Cl)c(-c4c(O)cccc4F)c(F)c3n2)ccc1CC(=O)[C@@H]1N[C@@H](CC(C)(C)C)[C@](C#N)(c2ccc(Cl)cc2F)[C@H]1c1cccc(Cl)c1F. The third-order valence-electron chi connectivity index (χ3n) is 14.8. The molecule has 6 aromatic rings. The van der Waals surface area contributed by atoms with Crippen LogP contribution in [-0.2, 0) is 26.2 Å². The lowest BCUT2D eigenvalue weighted by molar-refractivity contribution is -0.130. The van der Waals surface area contributed by atoms with Crippen LogP contribution in [0.1, 0.15) is 86.3 Å². The van der Waals surface area contributed by atoms with Crippen LogP contribution in [0.25, 0.3) is 22.0 Å². The Kier molecular flexibility index (Phi) is 18.0. The molecule has 14 nitrogen and oxygen atoms in total. The van der Waals surface area contributed by atoms with E-state index in [0.717, 1.165) is 12.1 Å². The van der Waals surface area contributed by atoms with Gasteiger partial charge in [-0.15, -0.1) is 0 Å². The number of nitrogens with one attached hydrogen (secondary N) is 2. The van der Waals surface area contributed by atoms with Gasteiger partial charge >= 0.3 is 0 Å². The summed E-state index contributed by atoms with van der Waals surface area (Å²) < 4.78 is 69.8. The van der Waals surface area contributed by atoms with Crippen LogP contribution in [0, 0.1) is 40.0 Å². The minimum absolute atomic E-state index is 0.0164. The number of carbonyl (C=O) groups is 4. The molecule has 2 aliphatic heterocycles. The first-order valence-corrected chi connectivity index (χ1v) is 27.1. The molecule has 21 heteroatoms. The van der Waals surface area contributed by atoms with Gasteiger partial charge in [-0.3, -0.25) is 19.2 Å². The fourth-order valence-corrected chi connectivity index (χ4v) is 11.5. The highest BCUT2D eigenvalue weighted by Gasteiger charge is 2.61. The maximum atomic E-state index is 16.6. The number of amides is 2. The molecule has 3 heterocycles. The lowest BCUT2D eigenvalue weighted by atomic mass is 9.62. The Morgan fingerprint density at radius 3 is 2.29 bits per heavy atom. The molecule has 5 aromatic carbocycles. The average Bonchev–Trinajstić information content (AvgIpc) is 3.80. The molecule has 0 spiro atoms. The third kappa shape index (κ3) is 12.2. The molecule has 0 aliphatic carbocycles. The zero-order chi connectivity index (χ0) is 58.0. The first-order chi connectivity index (χ1) is 38.0. The van der Waals surface area contributed by atoms with Crippen molar-refractivity contribution in [2.75, 3.05) is 63.6 Å². The van der Waals surface area contributed by atoms with Crippen molar-refractivity contribution in [2.24, 2.45) is 5.41 Å². The van der Waals surface area contributed by atoms with E-state index in [9.17, 15) is 29.5 Å². The number of hydrogen-bond acceptors (Lipinski definition) is 12. The molecule has 0 radical (unpaired) electrons. The van der Waals surface area contributed by atoms with Crippen LogP contribution in [-0.4, -0.2) is 114 Å². The van der Waals surface area contributed by atoms with Crippen LogP contribution in [0.4, 0.5) is 29.3 Å². The Morgan fingerprint density at radius 1 is 0.900 bits per heavy atom. The Balaban J connectivity index is 0.938. The molecular formula is C59H59Cl3F4N8O6. The molecule has 420 valence electrons. The van der Waals surface area contributed by atoms with E-state index in [-0.39, 0.29) is 117 Å². The average molecular weight is 1160 g/mol. The number of halogens is 7. The monoisotopic (exact) mass is 1160 g/mol. The number of fused-ring (bicyclic) bond motifs is 1. The number of phenols is 1. The Hall–Kier alpha value is -7.04. The zero-order valence-corrected chi connectivity index (χ0v) is 47.1. The van der Waals surface area contributed by atoms with Gasteiger partial charge in [0.1, 0.15) is 45.7 Å². The summed E-state index contributed by atoms with van der Waals surface area (Å²) >= 11 is 19.1. The number of nitrogens with zero attached hydrogens (tertiary/aromatic N) is 6. The van der Waals surface area contributed by atoms with E-state index in [1.54, 1.807) is 24.1 Å². The smallest absolute Gasteiger partial charge is 0.225 e. The summed E-state index contributed by atoms with van der Waals surface area (Å²) in [6.45, 7) is 8.97. The van der Waals surface area contributed by atoms with Crippen LogP contribution in [0.2, 0.25) is 15.1 Å². The third-order valence-corrected chi connectivity index (χ3v) is 15.7. The number of methoxy groups -OCH3 is 1. The molecule has 2 amide bonds. The fraction of sp³-hybridized carbons (Fsp3) is 0.373. The summed E-state index contributed by atoms with van der Waals surface area (Å²) in [5.74, 6) is -5.94. The molecule has 80 heavy (non-hydrogen) atoms. The first-order valence-electron chi connectivity index (χ1n) is 25.9.